The molecule has 2 aromatic rings. The maximum absolute atomic E-state index is 2.22. The number of aromatic nitrogens is 1. The van der Waals surface area contributed by atoms with Gasteiger partial charge in [-0.25, -0.2) is 4.57 Å². The Kier molecular flexibility index (Phi) is 5.66. The summed E-state index contributed by atoms with van der Waals surface area (Å²) >= 11 is 0. The van der Waals surface area contributed by atoms with E-state index in [1.54, 1.807) is 0 Å². The molecule has 2 nitrogen and oxygen atoms in total. The van der Waals surface area contributed by atoms with Crippen LogP contribution in [0.25, 0.3) is 0 Å². The minimum Gasteiger partial charge on any atom is -0.377 e. The van der Waals surface area contributed by atoms with Crippen LogP contribution in [0.1, 0.15) is 5.56 Å². The van der Waals surface area contributed by atoms with Crippen molar-refractivity contribution in [1.29, 1.82) is 0 Å². The van der Waals surface area contributed by atoms with E-state index in [2.05, 4.69) is 78.4 Å². The Hall–Kier alpha value is -1.54. The van der Waals surface area contributed by atoms with Crippen LogP contribution in [0.3, 0.4) is 0 Å². The van der Waals surface area contributed by atoms with Crippen LogP contribution in [0.2, 0.25) is 0 Å². The molecule has 0 bridgehead atoms. The van der Waals surface area contributed by atoms with E-state index < -0.39 is 0 Å². The molecule has 0 fully saturated rings. The van der Waals surface area contributed by atoms with E-state index in [1.165, 1.54) is 11.3 Å². The first-order chi connectivity index (χ1) is 8.25. The summed E-state index contributed by atoms with van der Waals surface area (Å²) in [4.78, 5) is 2.11. The number of benzene rings is 1. The van der Waals surface area contributed by atoms with Crippen LogP contribution in [-0.4, -0.2) is 14.1 Å². The second-order valence-electron chi connectivity index (χ2n) is 4.42. The first-order valence-corrected chi connectivity index (χ1v) is 5.96. The molecule has 0 amide bonds. The van der Waals surface area contributed by atoms with Gasteiger partial charge in [0.05, 0.1) is 0 Å². The Morgan fingerprint density at radius 1 is 0.944 bits per heavy atom. The van der Waals surface area contributed by atoms with Crippen molar-refractivity contribution in [2.45, 2.75) is 13.0 Å². The molecule has 0 saturated heterocycles. The molecule has 0 atom stereocenters. The number of anilines is 1. The third-order valence-electron chi connectivity index (χ3n) is 2.89. The Morgan fingerprint density at radius 3 is 2.11 bits per heavy atom. The molecule has 18 heavy (non-hydrogen) atoms. The average Bonchev–Trinajstić information content (AvgIpc) is 2.38. The van der Waals surface area contributed by atoms with Gasteiger partial charge >= 0.3 is 0 Å². The summed E-state index contributed by atoms with van der Waals surface area (Å²) in [6.07, 6.45) is 5.35. The van der Waals surface area contributed by atoms with Gasteiger partial charge in [0.15, 0.2) is 18.9 Å². The summed E-state index contributed by atoms with van der Waals surface area (Å²) in [7, 11) is 4.12. The van der Waals surface area contributed by atoms with Crippen LogP contribution >= 0.6 is 12.4 Å². The summed E-state index contributed by atoms with van der Waals surface area (Å²) in [6, 6.07) is 14.9. The third kappa shape index (κ3) is 4.04. The lowest BCUT2D eigenvalue weighted by Gasteiger charge is -2.10. The van der Waals surface area contributed by atoms with E-state index >= 15 is 0 Å². The molecule has 96 valence electrons. The molecule has 2 rings (SSSR count). The monoisotopic (exact) mass is 263 g/mol. The summed E-state index contributed by atoms with van der Waals surface area (Å²) in [5.41, 5.74) is 2.62. The Balaban J connectivity index is 0.00000162. The molecule has 1 aromatic heterocycles. The first kappa shape index (κ1) is 14.5. The van der Waals surface area contributed by atoms with Gasteiger partial charge in [-0.3, -0.25) is 0 Å². The predicted octanol–water partition coefficient (Wildman–Crippen LogP) is 2.70. The number of hydrogen-bond acceptors (Lipinski definition) is 1. The van der Waals surface area contributed by atoms with Crippen molar-refractivity contribution in [3.63, 3.8) is 0 Å². The highest BCUT2D eigenvalue weighted by Crippen LogP contribution is 2.06. The summed E-state index contributed by atoms with van der Waals surface area (Å²) in [6.45, 7) is 1.03. The predicted molar refractivity (Wildman–Crippen MR) is 78.4 cm³/mol. The van der Waals surface area contributed by atoms with E-state index in [0.29, 0.717) is 0 Å². The number of hydrogen-bond donors (Lipinski definition) is 0. The van der Waals surface area contributed by atoms with Crippen LogP contribution in [0.15, 0.2) is 54.9 Å². The highest BCUT2D eigenvalue weighted by atomic mass is 35.5. The van der Waals surface area contributed by atoms with Gasteiger partial charge in [0.2, 0.25) is 0 Å². The zero-order valence-electron chi connectivity index (χ0n) is 10.9. The number of aryl methyl sites for hydroxylation is 2. The SMILES string of the molecule is CN(C)c1cc[n+](CCc2ccccc2)cc1.Cl. The lowest BCUT2D eigenvalue weighted by Crippen LogP contribution is -2.33. The van der Waals surface area contributed by atoms with Gasteiger partial charge in [0.25, 0.3) is 0 Å². The maximum atomic E-state index is 2.22. The molecule has 3 heteroatoms. The molecule has 0 aliphatic rings. The zero-order chi connectivity index (χ0) is 12.1. The second kappa shape index (κ2) is 7.02. The van der Waals surface area contributed by atoms with Crippen LogP contribution in [-0.2, 0) is 13.0 Å². The fourth-order valence-corrected chi connectivity index (χ4v) is 1.80. The largest absolute Gasteiger partial charge is 0.377 e. The topological polar surface area (TPSA) is 7.12 Å². The summed E-state index contributed by atoms with van der Waals surface area (Å²) < 4.78 is 2.22. The van der Waals surface area contributed by atoms with Gasteiger partial charge in [-0.15, -0.1) is 12.4 Å². The quantitative estimate of drug-likeness (QED) is 0.770. The molecule has 0 saturated carbocycles. The van der Waals surface area contributed by atoms with Gasteiger partial charge in [0, 0.05) is 38.3 Å². The fourth-order valence-electron chi connectivity index (χ4n) is 1.80. The first-order valence-electron chi connectivity index (χ1n) is 5.96. The lowest BCUT2D eigenvalue weighted by molar-refractivity contribution is -0.696. The lowest BCUT2D eigenvalue weighted by atomic mass is 10.1. The fraction of sp³-hybridized carbons (Fsp3) is 0.267. The molecule has 0 N–H and O–H groups in total. The number of halogens is 1. The normalized spacial score (nSPS) is 9.67. The van der Waals surface area contributed by atoms with Crippen molar-refractivity contribution >= 4 is 18.1 Å². The van der Waals surface area contributed by atoms with Gasteiger partial charge < -0.3 is 4.90 Å². The number of nitrogens with zero attached hydrogens (tertiary/aromatic N) is 2. The molecule has 1 aromatic carbocycles. The molecule has 0 spiro atoms. The minimum atomic E-state index is 0. The van der Waals surface area contributed by atoms with Crippen LogP contribution in [0.5, 0.6) is 0 Å². The van der Waals surface area contributed by atoms with Crippen molar-refractivity contribution in [2.24, 2.45) is 0 Å². The van der Waals surface area contributed by atoms with E-state index in [1.807, 2.05) is 0 Å². The smallest absolute Gasteiger partial charge is 0.170 e. The average molecular weight is 264 g/mol. The van der Waals surface area contributed by atoms with E-state index in [0.717, 1.165) is 13.0 Å². The summed E-state index contributed by atoms with van der Waals surface area (Å²) in [5, 5.41) is 0. The Morgan fingerprint density at radius 2 is 1.56 bits per heavy atom. The Bertz CT molecular complexity index is 452. The Labute approximate surface area is 115 Å². The van der Waals surface area contributed by atoms with E-state index in [9.17, 15) is 0 Å². The van der Waals surface area contributed by atoms with Crippen molar-refractivity contribution in [1.82, 2.24) is 0 Å². The van der Waals surface area contributed by atoms with Crippen LogP contribution < -0.4 is 9.47 Å². The summed E-state index contributed by atoms with van der Waals surface area (Å²) in [5.74, 6) is 0. The molecule has 1 heterocycles. The zero-order valence-corrected chi connectivity index (χ0v) is 11.7. The van der Waals surface area contributed by atoms with Gasteiger partial charge in [-0.2, -0.15) is 0 Å². The van der Waals surface area contributed by atoms with E-state index in [-0.39, 0.29) is 12.4 Å². The molecule has 0 aliphatic heterocycles. The minimum absolute atomic E-state index is 0. The van der Waals surface area contributed by atoms with Gasteiger partial charge in [-0.1, -0.05) is 30.3 Å². The van der Waals surface area contributed by atoms with Gasteiger partial charge in [-0.05, 0) is 5.56 Å². The van der Waals surface area contributed by atoms with Crippen molar-refractivity contribution < 1.29 is 4.57 Å². The van der Waals surface area contributed by atoms with Crippen LogP contribution in [0, 0.1) is 0 Å². The van der Waals surface area contributed by atoms with Crippen LogP contribution in [0.4, 0.5) is 5.69 Å². The molecule has 0 radical (unpaired) electrons. The maximum Gasteiger partial charge on any atom is 0.170 e. The highest BCUT2D eigenvalue weighted by Gasteiger charge is 2.02. The van der Waals surface area contributed by atoms with Crippen molar-refractivity contribution in [2.75, 3.05) is 19.0 Å². The van der Waals surface area contributed by atoms with Crippen molar-refractivity contribution in [3.05, 3.63) is 60.4 Å². The molecule has 0 unspecified atom stereocenters. The highest BCUT2D eigenvalue weighted by molar-refractivity contribution is 5.85. The molecular weight excluding hydrogens is 244 g/mol. The second-order valence-corrected chi connectivity index (χ2v) is 4.42. The van der Waals surface area contributed by atoms with Gasteiger partial charge in [0.1, 0.15) is 0 Å². The number of rotatable bonds is 4. The molecule has 0 aliphatic carbocycles. The number of pyridine rings is 1. The standard InChI is InChI=1S/C15H19N2.ClH/c1-16(2)15-9-12-17(13-10-15)11-8-14-6-4-3-5-7-14;/h3-7,9-10,12-13H,8,11H2,1-2H3;1H/q+1;. The van der Waals surface area contributed by atoms with E-state index in [4.69, 9.17) is 0 Å². The van der Waals surface area contributed by atoms with Crippen molar-refractivity contribution in [3.8, 4) is 0 Å². The molecular formula is C15H20ClN2+. The third-order valence-corrected chi connectivity index (χ3v) is 2.89.